The average Bonchev–Trinajstić information content (AvgIpc) is 3.29. The van der Waals surface area contributed by atoms with Gasteiger partial charge in [-0.05, 0) is 43.9 Å². The molecule has 0 N–H and O–H groups in total. The first-order valence-electron chi connectivity index (χ1n) is 9.53. The second-order valence-corrected chi connectivity index (χ2v) is 8.79. The number of anilines is 1. The zero-order valence-electron chi connectivity index (χ0n) is 16.0. The molecule has 0 atom stereocenters. The van der Waals surface area contributed by atoms with Crippen molar-refractivity contribution in [2.45, 2.75) is 33.1 Å². The van der Waals surface area contributed by atoms with Gasteiger partial charge in [0.05, 0.1) is 10.5 Å². The van der Waals surface area contributed by atoms with Crippen molar-refractivity contribution in [3.8, 4) is 0 Å². The molecular formula is C20H22N4O2S2. The Labute approximate surface area is 173 Å². The van der Waals surface area contributed by atoms with E-state index in [0.717, 1.165) is 37.9 Å². The van der Waals surface area contributed by atoms with E-state index in [-0.39, 0.29) is 11.5 Å². The van der Waals surface area contributed by atoms with Crippen LogP contribution in [0.2, 0.25) is 0 Å². The minimum absolute atomic E-state index is 0.127. The molecule has 8 heteroatoms. The first-order valence-corrected chi connectivity index (χ1v) is 10.8. The van der Waals surface area contributed by atoms with Crippen molar-refractivity contribution in [3.63, 3.8) is 0 Å². The van der Waals surface area contributed by atoms with Crippen LogP contribution in [0.3, 0.4) is 0 Å². The molecule has 0 saturated carbocycles. The van der Waals surface area contributed by atoms with Crippen LogP contribution >= 0.6 is 24.0 Å². The van der Waals surface area contributed by atoms with Gasteiger partial charge >= 0.3 is 0 Å². The number of aromatic nitrogens is 2. The number of aryl methyl sites for hydroxylation is 1. The van der Waals surface area contributed by atoms with Crippen molar-refractivity contribution in [2.24, 2.45) is 0 Å². The normalized spacial score (nSPS) is 18.9. The van der Waals surface area contributed by atoms with E-state index in [1.54, 1.807) is 21.6 Å². The van der Waals surface area contributed by atoms with E-state index in [1.807, 2.05) is 26.0 Å². The molecule has 4 heterocycles. The second-order valence-electron chi connectivity index (χ2n) is 7.12. The fourth-order valence-corrected chi connectivity index (χ4v) is 4.88. The maximum atomic E-state index is 13.3. The number of fused-ring (bicyclic) bond motifs is 1. The van der Waals surface area contributed by atoms with Gasteiger partial charge in [-0.15, -0.1) is 0 Å². The standard InChI is InChI=1S/C20H22N4O2S2/c1-3-8-23-19(26)15(28-20(23)27)11-14-17(22-9-4-5-10-22)21-16-7-6-13(2)12-24(16)18(14)25/h6-7,11-12H,3-5,8-10H2,1-2H3. The Morgan fingerprint density at radius 1 is 1.25 bits per heavy atom. The molecular weight excluding hydrogens is 392 g/mol. The molecule has 28 heavy (non-hydrogen) atoms. The van der Waals surface area contributed by atoms with Crippen LogP contribution in [0.25, 0.3) is 11.7 Å². The van der Waals surface area contributed by atoms with Crippen molar-refractivity contribution in [3.05, 3.63) is 44.7 Å². The Kier molecular flexibility index (Phi) is 5.25. The van der Waals surface area contributed by atoms with Gasteiger partial charge in [0, 0.05) is 25.8 Å². The van der Waals surface area contributed by atoms with Crippen molar-refractivity contribution in [1.29, 1.82) is 0 Å². The van der Waals surface area contributed by atoms with Crippen molar-refractivity contribution in [2.75, 3.05) is 24.5 Å². The number of nitrogens with zero attached hydrogens (tertiary/aromatic N) is 4. The summed E-state index contributed by atoms with van der Waals surface area (Å²) in [7, 11) is 0. The second kappa shape index (κ2) is 7.67. The molecule has 2 fully saturated rings. The van der Waals surface area contributed by atoms with Gasteiger partial charge in [0.25, 0.3) is 11.5 Å². The quantitative estimate of drug-likeness (QED) is 0.566. The summed E-state index contributed by atoms with van der Waals surface area (Å²) in [4.78, 5) is 35.1. The van der Waals surface area contributed by atoms with Crippen LogP contribution in [-0.2, 0) is 4.79 Å². The number of rotatable bonds is 4. The Hall–Kier alpha value is -2.19. The van der Waals surface area contributed by atoms with Crippen LogP contribution in [0.5, 0.6) is 0 Å². The number of amides is 1. The van der Waals surface area contributed by atoms with Crippen LogP contribution in [0.15, 0.2) is 28.0 Å². The SMILES string of the molecule is CCCN1C(=O)C(=Cc2c(N3CCCC3)nc3ccc(C)cn3c2=O)SC1=S. The van der Waals surface area contributed by atoms with Crippen LogP contribution in [0.1, 0.15) is 37.3 Å². The predicted molar refractivity (Wildman–Crippen MR) is 118 cm³/mol. The zero-order chi connectivity index (χ0) is 19.8. The minimum Gasteiger partial charge on any atom is -0.356 e. The highest BCUT2D eigenvalue weighted by atomic mass is 32.2. The van der Waals surface area contributed by atoms with Crippen molar-refractivity contribution in [1.82, 2.24) is 14.3 Å². The molecule has 2 aromatic rings. The Morgan fingerprint density at radius 3 is 2.71 bits per heavy atom. The molecule has 2 saturated heterocycles. The number of carbonyl (C=O) groups excluding carboxylic acids is 1. The van der Waals surface area contributed by atoms with E-state index in [1.165, 1.54) is 11.8 Å². The lowest BCUT2D eigenvalue weighted by Gasteiger charge is -2.19. The summed E-state index contributed by atoms with van der Waals surface area (Å²) in [6.45, 7) is 6.28. The van der Waals surface area contributed by atoms with E-state index in [0.29, 0.717) is 32.8 Å². The van der Waals surface area contributed by atoms with Gasteiger partial charge in [-0.25, -0.2) is 4.98 Å². The molecule has 0 aliphatic carbocycles. The largest absolute Gasteiger partial charge is 0.356 e. The molecule has 4 rings (SSSR count). The number of hydrogen-bond acceptors (Lipinski definition) is 6. The zero-order valence-corrected chi connectivity index (χ0v) is 17.6. The van der Waals surface area contributed by atoms with E-state index < -0.39 is 0 Å². The molecule has 2 aromatic heterocycles. The van der Waals surface area contributed by atoms with Gasteiger partial charge in [-0.1, -0.05) is 37.0 Å². The predicted octanol–water partition coefficient (Wildman–Crippen LogP) is 3.21. The lowest BCUT2D eigenvalue weighted by atomic mass is 10.2. The molecule has 146 valence electrons. The number of thioether (sulfide) groups is 1. The van der Waals surface area contributed by atoms with Crippen LogP contribution < -0.4 is 10.5 Å². The number of pyridine rings is 1. The highest BCUT2D eigenvalue weighted by molar-refractivity contribution is 8.26. The molecule has 0 unspecified atom stereocenters. The highest BCUT2D eigenvalue weighted by Crippen LogP contribution is 2.34. The van der Waals surface area contributed by atoms with Crippen molar-refractivity contribution >= 4 is 51.7 Å². The summed E-state index contributed by atoms with van der Waals surface area (Å²) in [5.41, 5.74) is 1.90. The molecule has 0 bridgehead atoms. The van der Waals surface area contributed by atoms with Gasteiger partial charge in [-0.2, -0.15) is 0 Å². The molecule has 0 radical (unpaired) electrons. The summed E-state index contributed by atoms with van der Waals surface area (Å²) in [6, 6.07) is 3.81. The maximum Gasteiger partial charge on any atom is 0.267 e. The summed E-state index contributed by atoms with van der Waals surface area (Å²) >= 11 is 6.62. The molecule has 0 aromatic carbocycles. The monoisotopic (exact) mass is 414 g/mol. The van der Waals surface area contributed by atoms with E-state index in [2.05, 4.69) is 4.90 Å². The number of thiocarbonyl (C=S) groups is 1. The van der Waals surface area contributed by atoms with Gasteiger partial charge in [0.2, 0.25) is 0 Å². The summed E-state index contributed by atoms with van der Waals surface area (Å²) in [5.74, 6) is 0.532. The lowest BCUT2D eigenvalue weighted by molar-refractivity contribution is -0.122. The fraction of sp³-hybridized carbons (Fsp3) is 0.400. The molecule has 2 aliphatic rings. The van der Waals surface area contributed by atoms with Crippen LogP contribution in [-0.4, -0.2) is 44.1 Å². The van der Waals surface area contributed by atoms with Gasteiger partial charge in [0.1, 0.15) is 15.8 Å². The van der Waals surface area contributed by atoms with E-state index >= 15 is 0 Å². The highest BCUT2D eigenvalue weighted by Gasteiger charge is 2.32. The van der Waals surface area contributed by atoms with E-state index in [9.17, 15) is 9.59 Å². The third-order valence-corrected chi connectivity index (χ3v) is 6.37. The lowest BCUT2D eigenvalue weighted by Crippen LogP contribution is -2.29. The van der Waals surface area contributed by atoms with Gasteiger partial charge in [-0.3, -0.25) is 18.9 Å². The summed E-state index contributed by atoms with van der Waals surface area (Å²) in [5, 5.41) is 0. The fourth-order valence-electron chi connectivity index (χ4n) is 3.59. The smallest absolute Gasteiger partial charge is 0.267 e. The molecule has 2 aliphatic heterocycles. The molecule has 1 amide bonds. The third-order valence-electron chi connectivity index (χ3n) is 4.99. The van der Waals surface area contributed by atoms with Gasteiger partial charge in [0.15, 0.2) is 0 Å². The maximum absolute atomic E-state index is 13.3. The molecule has 0 spiro atoms. The van der Waals surface area contributed by atoms with Crippen LogP contribution in [0.4, 0.5) is 5.82 Å². The third kappa shape index (κ3) is 3.35. The first kappa shape index (κ1) is 19.1. The Balaban J connectivity index is 1.88. The Morgan fingerprint density at radius 2 is 2.00 bits per heavy atom. The van der Waals surface area contributed by atoms with Crippen molar-refractivity contribution < 1.29 is 4.79 Å². The number of carbonyl (C=O) groups is 1. The first-order chi connectivity index (χ1) is 13.5. The van der Waals surface area contributed by atoms with Crippen LogP contribution in [0, 0.1) is 6.92 Å². The summed E-state index contributed by atoms with van der Waals surface area (Å²) in [6.07, 6.45) is 6.46. The number of hydrogen-bond donors (Lipinski definition) is 0. The topological polar surface area (TPSA) is 57.9 Å². The average molecular weight is 415 g/mol. The van der Waals surface area contributed by atoms with E-state index in [4.69, 9.17) is 17.2 Å². The minimum atomic E-state index is -0.156. The van der Waals surface area contributed by atoms with Gasteiger partial charge < -0.3 is 4.90 Å². The summed E-state index contributed by atoms with van der Waals surface area (Å²) < 4.78 is 2.11. The Bertz CT molecular complexity index is 1050. The molecule has 6 nitrogen and oxygen atoms in total.